The second-order valence-corrected chi connectivity index (χ2v) is 28.6. The molecular formula is C92H67BN2O. The van der Waals surface area contributed by atoms with E-state index in [2.05, 4.69) is 349 Å². The van der Waals surface area contributed by atoms with E-state index in [9.17, 15) is 0 Å². The molecule has 0 atom stereocenters. The highest BCUT2D eigenvalue weighted by molar-refractivity contribution is 7.01. The first-order valence-electron chi connectivity index (χ1n) is 33.8. The van der Waals surface area contributed by atoms with Crippen molar-refractivity contribution < 1.29 is 4.42 Å². The van der Waals surface area contributed by atoms with E-state index in [4.69, 9.17) is 4.42 Å². The van der Waals surface area contributed by atoms with Crippen LogP contribution >= 0.6 is 0 Å². The van der Waals surface area contributed by atoms with Gasteiger partial charge in [-0.15, -0.1) is 0 Å². The Kier molecular flexibility index (Phi) is 12.3. The van der Waals surface area contributed by atoms with Crippen LogP contribution in [0, 0.1) is 0 Å². The number of hydrogen-bond donors (Lipinski definition) is 0. The van der Waals surface area contributed by atoms with Crippen LogP contribution in [0.25, 0.3) is 131 Å². The molecule has 16 aromatic carbocycles. The summed E-state index contributed by atoms with van der Waals surface area (Å²) in [6, 6.07) is 113. The molecule has 96 heavy (non-hydrogen) atoms. The minimum atomic E-state index is -0.322. The molecule has 2 aliphatic rings. The normalized spacial score (nSPS) is 13.0. The van der Waals surface area contributed by atoms with Gasteiger partial charge in [-0.05, 0) is 174 Å². The van der Waals surface area contributed by atoms with E-state index in [0.717, 1.165) is 101 Å². The van der Waals surface area contributed by atoms with Crippen molar-refractivity contribution in [1.82, 2.24) is 0 Å². The molecule has 2 aliphatic heterocycles. The average Bonchev–Trinajstić information content (AvgIpc) is 1.37. The summed E-state index contributed by atoms with van der Waals surface area (Å²) < 4.78 is 7.76. The molecule has 0 fully saturated rings. The van der Waals surface area contributed by atoms with Gasteiger partial charge in [-0.2, -0.15) is 0 Å². The lowest BCUT2D eigenvalue weighted by Crippen LogP contribution is -2.61. The minimum Gasteiger partial charge on any atom is -0.454 e. The summed E-state index contributed by atoms with van der Waals surface area (Å²) in [6.07, 6.45) is 0. The van der Waals surface area contributed by atoms with Gasteiger partial charge in [0.2, 0.25) is 0 Å². The van der Waals surface area contributed by atoms with Gasteiger partial charge in [-0.25, -0.2) is 0 Å². The Labute approximate surface area is 559 Å². The highest BCUT2D eigenvalue weighted by atomic mass is 16.3. The van der Waals surface area contributed by atoms with Gasteiger partial charge in [-0.1, -0.05) is 290 Å². The molecule has 0 unspecified atom stereocenters. The summed E-state index contributed by atoms with van der Waals surface area (Å²) in [5.41, 5.74) is 23.3. The number of anilines is 6. The second-order valence-electron chi connectivity index (χ2n) is 28.6. The summed E-state index contributed by atoms with van der Waals surface area (Å²) in [6.45, 7) is 13.8. The number of fused-ring (bicyclic) bond motifs is 20. The monoisotopic (exact) mass is 1230 g/mol. The molecule has 0 aliphatic carbocycles. The van der Waals surface area contributed by atoms with Gasteiger partial charge in [0.25, 0.3) is 6.71 Å². The van der Waals surface area contributed by atoms with Gasteiger partial charge in [-0.3, -0.25) is 0 Å². The van der Waals surface area contributed by atoms with Crippen molar-refractivity contribution in [3.63, 3.8) is 0 Å². The Balaban J connectivity index is 1.08. The van der Waals surface area contributed by atoms with Gasteiger partial charge in [0.05, 0.1) is 17.1 Å². The van der Waals surface area contributed by atoms with Crippen LogP contribution in [0.4, 0.5) is 34.1 Å². The molecule has 17 aromatic rings. The van der Waals surface area contributed by atoms with Crippen molar-refractivity contribution in [3.05, 3.63) is 308 Å². The molecule has 3 heterocycles. The van der Waals surface area contributed by atoms with Crippen LogP contribution in [0.2, 0.25) is 0 Å². The lowest BCUT2D eigenvalue weighted by Gasteiger charge is -2.46. The fraction of sp³-hybridized carbons (Fsp3) is 0.0870. The zero-order chi connectivity index (χ0) is 64.3. The van der Waals surface area contributed by atoms with Crippen LogP contribution in [-0.4, -0.2) is 6.71 Å². The highest BCUT2D eigenvalue weighted by Crippen LogP contribution is 2.58. The first-order chi connectivity index (χ1) is 46.9. The van der Waals surface area contributed by atoms with Crippen LogP contribution in [-0.2, 0) is 10.8 Å². The molecule has 0 saturated carbocycles. The van der Waals surface area contributed by atoms with E-state index in [0.29, 0.717) is 0 Å². The molecule has 0 spiro atoms. The van der Waals surface area contributed by atoms with Crippen LogP contribution in [0.1, 0.15) is 52.7 Å². The van der Waals surface area contributed by atoms with Gasteiger partial charge in [0.1, 0.15) is 5.58 Å². The summed E-state index contributed by atoms with van der Waals surface area (Å²) in [4.78, 5) is 5.42. The molecular weight excluding hydrogens is 1160 g/mol. The average molecular weight is 1230 g/mol. The third kappa shape index (κ3) is 8.41. The van der Waals surface area contributed by atoms with E-state index in [1.165, 1.54) is 92.2 Å². The Morgan fingerprint density at radius 2 is 0.552 bits per heavy atom. The maximum Gasteiger partial charge on any atom is 0.252 e. The van der Waals surface area contributed by atoms with Gasteiger partial charge < -0.3 is 14.2 Å². The second kappa shape index (κ2) is 21.0. The van der Waals surface area contributed by atoms with Gasteiger partial charge in [0.15, 0.2) is 5.58 Å². The first-order valence-corrected chi connectivity index (χ1v) is 33.8. The fourth-order valence-corrected chi connectivity index (χ4v) is 16.5. The van der Waals surface area contributed by atoms with E-state index in [1.807, 2.05) is 0 Å². The number of benzene rings is 16. The summed E-state index contributed by atoms with van der Waals surface area (Å²) in [5, 5.41) is 16.9. The van der Waals surface area contributed by atoms with Crippen molar-refractivity contribution in [1.29, 1.82) is 0 Å². The van der Waals surface area contributed by atoms with Crippen molar-refractivity contribution in [2.75, 3.05) is 9.80 Å². The van der Waals surface area contributed by atoms with Gasteiger partial charge in [0, 0.05) is 50.1 Å². The standard InChI is InChI=1S/C92H67BN2O/c1-91(2,3)60-47-71(56-29-11-7-12-30-56)87(72(48-60)57-31-13-8-14-32-57)94-82-53-77-68-43-25-21-39-64(68)62-37-19-23-41-66(62)75(77)51-80(82)93-81-52-76-67-42-24-20-38-63(67)65-40-22-26-44-69(65)78(76)54-83(81)95(89-86(93)84(94)55-79-70-45-27-28-46-85(70)96-90(79)89)88-73(58-33-15-9-16-34-58)49-61(92(4,5)6)50-74(88)59-35-17-10-18-36-59/h7-55H,1-6H3. The lowest BCUT2D eigenvalue weighted by molar-refractivity contribution is 0.590. The Morgan fingerprint density at radius 3 is 0.917 bits per heavy atom. The number of rotatable bonds is 6. The predicted molar refractivity (Wildman–Crippen MR) is 412 cm³/mol. The Bertz CT molecular complexity index is 5920. The molecule has 0 saturated heterocycles. The van der Waals surface area contributed by atoms with Crippen LogP contribution in [0.5, 0.6) is 0 Å². The predicted octanol–water partition coefficient (Wildman–Crippen LogP) is 23.9. The molecule has 19 rings (SSSR count). The third-order valence-electron chi connectivity index (χ3n) is 21.0. The first kappa shape index (κ1) is 56.1. The molecule has 4 heteroatoms. The topological polar surface area (TPSA) is 19.6 Å². The van der Waals surface area contributed by atoms with Crippen molar-refractivity contribution in [2.24, 2.45) is 0 Å². The molecule has 0 N–H and O–H groups in total. The van der Waals surface area contributed by atoms with E-state index >= 15 is 0 Å². The summed E-state index contributed by atoms with van der Waals surface area (Å²) in [5.74, 6) is 0. The molecule has 1 aromatic heterocycles. The highest BCUT2D eigenvalue weighted by Gasteiger charge is 2.48. The SMILES string of the molecule is CC(C)(C)c1cc(-c2ccccc2)c(N2c3cc4c5ccccc5c5ccccc5c4cc3B3c4cc5c6ccccc6c6ccccc6c5cc4N(c4c(-c5ccccc5)cc(C(C)(C)C)cc4-c4ccccc4)c4c3c2cc2c4oc3ccccc32)c(-c2ccccc2)c1. The van der Waals surface area contributed by atoms with Crippen LogP contribution < -0.4 is 26.2 Å². The molecule has 0 amide bonds. The fourth-order valence-electron chi connectivity index (χ4n) is 16.5. The minimum absolute atomic E-state index is 0.196. The Morgan fingerprint density at radius 1 is 0.260 bits per heavy atom. The lowest BCUT2D eigenvalue weighted by atomic mass is 9.33. The molecule has 0 bridgehead atoms. The van der Waals surface area contributed by atoms with E-state index < -0.39 is 0 Å². The number of para-hydroxylation sites is 1. The number of nitrogens with zero attached hydrogens (tertiary/aromatic N) is 2. The van der Waals surface area contributed by atoms with E-state index in [-0.39, 0.29) is 17.5 Å². The van der Waals surface area contributed by atoms with Crippen molar-refractivity contribution in [3.8, 4) is 44.5 Å². The van der Waals surface area contributed by atoms with Crippen LogP contribution in [0.15, 0.2) is 302 Å². The smallest absolute Gasteiger partial charge is 0.252 e. The Hall–Kier alpha value is -11.5. The zero-order valence-corrected chi connectivity index (χ0v) is 54.7. The molecule has 0 radical (unpaired) electrons. The maximum absolute atomic E-state index is 7.76. The summed E-state index contributed by atoms with van der Waals surface area (Å²) >= 11 is 0. The quantitative estimate of drug-likeness (QED) is 0.122. The maximum atomic E-state index is 7.76. The number of hydrogen-bond acceptors (Lipinski definition) is 3. The molecule has 3 nitrogen and oxygen atoms in total. The largest absolute Gasteiger partial charge is 0.454 e. The van der Waals surface area contributed by atoms with Crippen molar-refractivity contribution in [2.45, 2.75) is 52.4 Å². The third-order valence-corrected chi connectivity index (χ3v) is 21.0. The summed E-state index contributed by atoms with van der Waals surface area (Å²) in [7, 11) is 0. The van der Waals surface area contributed by atoms with Gasteiger partial charge >= 0.3 is 0 Å². The van der Waals surface area contributed by atoms with Crippen molar-refractivity contribution >= 4 is 144 Å². The van der Waals surface area contributed by atoms with Crippen LogP contribution in [0.3, 0.4) is 0 Å². The number of furan rings is 1. The zero-order valence-electron chi connectivity index (χ0n) is 54.7. The molecule has 454 valence electrons. The van der Waals surface area contributed by atoms with E-state index in [1.54, 1.807) is 0 Å².